The second kappa shape index (κ2) is 12.0. The molecule has 0 N–H and O–H groups in total. The Bertz CT molecular complexity index is 2370. The molecule has 0 atom stereocenters. The van der Waals surface area contributed by atoms with E-state index in [0.29, 0.717) is 16.8 Å². The van der Waals surface area contributed by atoms with Crippen molar-refractivity contribution in [2.24, 2.45) is 0 Å². The summed E-state index contributed by atoms with van der Waals surface area (Å²) >= 11 is 0. The maximum absolute atomic E-state index is 10.5. The maximum Gasteiger partial charge on any atom is 0.179 e. The summed E-state index contributed by atoms with van der Waals surface area (Å²) < 4.78 is 2.13. The SMILES string of the molecule is N#Cc1cc(-c2cccc([Si](c3ccccc3)(c3ccccc3)c3ccccc3)c2)cc(-n2c3ccccc3c3ccccc32)c1C#N. The van der Waals surface area contributed by atoms with Crippen LogP contribution in [0, 0.1) is 22.7 Å². The van der Waals surface area contributed by atoms with E-state index < -0.39 is 8.07 Å². The Hall–Kier alpha value is -6.46. The molecule has 7 aromatic carbocycles. The molecule has 0 amide bonds. The lowest BCUT2D eigenvalue weighted by molar-refractivity contribution is 1.16. The molecule has 0 saturated heterocycles. The minimum absolute atomic E-state index is 0.356. The first-order valence-electron chi connectivity index (χ1n) is 16.0. The summed E-state index contributed by atoms with van der Waals surface area (Å²) in [5, 5.41) is 28.2. The highest BCUT2D eigenvalue weighted by Gasteiger charge is 2.41. The van der Waals surface area contributed by atoms with Crippen LogP contribution in [0.1, 0.15) is 11.1 Å². The summed E-state index contributed by atoms with van der Waals surface area (Å²) in [6.07, 6.45) is 0. The Morgan fingerprint density at radius 3 is 1.40 bits per heavy atom. The Labute approximate surface area is 280 Å². The van der Waals surface area contributed by atoms with Crippen LogP contribution in [0.3, 0.4) is 0 Å². The lowest BCUT2D eigenvalue weighted by Crippen LogP contribution is -2.74. The minimum Gasteiger partial charge on any atom is -0.308 e. The number of nitrogens with zero attached hydrogens (tertiary/aromatic N) is 3. The highest BCUT2D eigenvalue weighted by atomic mass is 28.3. The lowest BCUT2D eigenvalue weighted by Gasteiger charge is -2.34. The van der Waals surface area contributed by atoms with Gasteiger partial charge in [0.15, 0.2) is 8.07 Å². The third kappa shape index (κ3) is 4.55. The zero-order chi connectivity index (χ0) is 32.5. The average molecular weight is 628 g/mol. The van der Waals surface area contributed by atoms with Crippen LogP contribution in [0.5, 0.6) is 0 Å². The monoisotopic (exact) mass is 627 g/mol. The van der Waals surface area contributed by atoms with Gasteiger partial charge in [0.05, 0.1) is 27.8 Å². The molecule has 8 aromatic rings. The Kier molecular flexibility index (Phi) is 7.27. The van der Waals surface area contributed by atoms with Crippen molar-refractivity contribution in [1.82, 2.24) is 4.57 Å². The molecule has 3 nitrogen and oxygen atoms in total. The smallest absolute Gasteiger partial charge is 0.179 e. The molecule has 48 heavy (non-hydrogen) atoms. The Morgan fingerprint density at radius 1 is 0.417 bits per heavy atom. The van der Waals surface area contributed by atoms with Gasteiger partial charge in [-0.1, -0.05) is 152 Å². The molecule has 0 radical (unpaired) electrons. The first kappa shape index (κ1) is 29.0. The third-order valence-corrected chi connectivity index (χ3v) is 14.2. The van der Waals surface area contributed by atoms with Gasteiger partial charge in [-0.15, -0.1) is 0 Å². The van der Waals surface area contributed by atoms with Gasteiger partial charge in [-0.2, -0.15) is 10.5 Å². The van der Waals surface area contributed by atoms with Crippen molar-refractivity contribution in [3.63, 3.8) is 0 Å². The molecule has 0 aliphatic heterocycles. The molecule has 0 spiro atoms. The van der Waals surface area contributed by atoms with Crippen molar-refractivity contribution in [3.05, 3.63) is 187 Å². The summed E-state index contributed by atoms with van der Waals surface area (Å²) in [6, 6.07) is 66.5. The molecule has 1 aromatic heterocycles. The van der Waals surface area contributed by atoms with Gasteiger partial charge in [-0.3, -0.25) is 0 Å². The maximum atomic E-state index is 10.5. The van der Waals surface area contributed by atoms with Gasteiger partial charge in [0.25, 0.3) is 0 Å². The van der Waals surface area contributed by atoms with Crippen molar-refractivity contribution in [3.8, 4) is 29.0 Å². The molecule has 0 bridgehead atoms. The number of hydrogen-bond donors (Lipinski definition) is 0. The molecule has 224 valence electrons. The van der Waals surface area contributed by atoms with E-state index in [-0.39, 0.29) is 0 Å². The number of nitriles is 2. The van der Waals surface area contributed by atoms with Gasteiger partial charge in [0.2, 0.25) is 0 Å². The second-order valence-corrected chi connectivity index (χ2v) is 15.7. The molecule has 1 heterocycles. The van der Waals surface area contributed by atoms with Crippen molar-refractivity contribution < 1.29 is 0 Å². The van der Waals surface area contributed by atoms with Crippen LogP contribution in [-0.2, 0) is 0 Å². The van der Waals surface area contributed by atoms with Crippen LogP contribution in [0.15, 0.2) is 176 Å². The molecule has 0 aliphatic rings. The zero-order valence-corrected chi connectivity index (χ0v) is 27.1. The van der Waals surface area contributed by atoms with Crippen molar-refractivity contribution >= 4 is 50.6 Å². The molecule has 0 fully saturated rings. The van der Waals surface area contributed by atoms with E-state index in [9.17, 15) is 10.5 Å². The van der Waals surface area contributed by atoms with Crippen molar-refractivity contribution in [1.29, 1.82) is 10.5 Å². The number of benzene rings is 7. The van der Waals surface area contributed by atoms with Crippen molar-refractivity contribution in [2.75, 3.05) is 0 Å². The fourth-order valence-electron chi connectivity index (χ4n) is 7.35. The van der Waals surface area contributed by atoms with Crippen LogP contribution in [0.4, 0.5) is 0 Å². The Balaban J connectivity index is 1.42. The molecule has 0 aliphatic carbocycles. The van der Waals surface area contributed by atoms with Crippen LogP contribution in [0.2, 0.25) is 0 Å². The fraction of sp³-hybridized carbons (Fsp3) is 0. The largest absolute Gasteiger partial charge is 0.308 e. The van der Waals surface area contributed by atoms with Gasteiger partial charge in [-0.25, -0.2) is 0 Å². The van der Waals surface area contributed by atoms with Gasteiger partial charge >= 0.3 is 0 Å². The highest BCUT2D eigenvalue weighted by molar-refractivity contribution is 7.19. The van der Waals surface area contributed by atoms with E-state index in [0.717, 1.165) is 32.9 Å². The summed E-state index contributed by atoms with van der Waals surface area (Å²) in [6.45, 7) is 0. The predicted molar refractivity (Wildman–Crippen MR) is 199 cm³/mol. The van der Waals surface area contributed by atoms with E-state index in [1.165, 1.54) is 20.7 Å². The van der Waals surface area contributed by atoms with E-state index in [2.05, 4.69) is 162 Å². The molecule has 8 rings (SSSR count). The number of fused-ring (bicyclic) bond motifs is 3. The average Bonchev–Trinajstić information content (AvgIpc) is 3.50. The topological polar surface area (TPSA) is 52.5 Å². The number of aromatic nitrogens is 1. The predicted octanol–water partition coefficient (Wildman–Crippen LogP) is 7.57. The molecular weight excluding hydrogens is 599 g/mol. The van der Waals surface area contributed by atoms with E-state index in [1.54, 1.807) is 0 Å². The summed E-state index contributed by atoms with van der Waals surface area (Å²) in [5.74, 6) is 0. The van der Waals surface area contributed by atoms with E-state index >= 15 is 0 Å². The normalized spacial score (nSPS) is 11.3. The van der Waals surface area contributed by atoms with Gasteiger partial charge in [-0.05, 0) is 56.1 Å². The van der Waals surface area contributed by atoms with Crippen LogP contribution in [0.25, 0.3) is 38.6 Å². The summed E-state index contributed by atoms with van der Waals surface area (Å²) in [7, 11) is -2.77. The van der Waals surface area contributed by atoms with E-state index in [1.807, 2.05) is 30.3 Å². The Morgan fingerprint density at radius 2 is 0.896 bits per heavy atom. The van der Waals surface area contributed by atoms with Gasteiger partial charge in [0, 0.05) is 10.8 Å². The highest BCUT2D eigenvalue weighted by Crippen LogP contribution is 2.35. The quantitative estimate of drug-likeness (QED) is 0.141. The summed E-state index contributed by atoms with van der Waals surface area (Å²) in [4.78, 5) is 0. The van der Waals surface area contributed by atoms with Crippen LogP contribution < -0.4 is 20.7 Å². The van der Waals surface area contributed by atoms with Gasteiger partial charge < -0.3 is 4.57 Å². The number of rotatable bonds is 6. The summed E-state index contributed by atoms with van der Waals surface area (Å²) in [5.41, 5.74) is 5.30. The number of para-hydroxylation sites is 2. The van der Waals surface area contributed by atoms with Crippen LogP contribution >= 0.6 is 0 Å². The molecule has 0 unspecified atom stereocenters. The fourth-order valence-corrected chi connectivity index (χ4v) is 12.1. The first-order chi connectivity index (χ1) is 23.7. The lowest BCUT2D eigenvalue weighted by atomic mass is 9.98. The van der Waals surface area contributed by atoms with Crippen molar-refractivity contribution in [2.45, 2.75) is 0 Å². The van der Waals surface area contributed by atoms with Crippen LogP contribution in [-0.4, -0.2) is 12.6 Å². The van der Waals surface area contributed by atoms with E-state index in [4.69, 9.17) is 0 Å². The minimum atomic E-state index is -2.77. The molecule has 4 heteroatoms. The third-order valence-electron chi connectivity index (χ3n) is 9.42. The molecular formula is C44H29N3Si. The molecule has 0 saturated carbocycles. The zero-order valence-electron chi connectivity index (χ0n) is 26.1. The standard InChI is InChI=1S/C44H29N3Si/c45-30-34-27-33(29-44(41(34)31-46)47-42-25-12-10-23-39(42)40-24-11-13-26-43(40)47)32-15-14-22-38(28-32)48(35-16-4-1-5-17-35,36-18-6-2-7-19-36)37-20-8-3-9-21-37/h1-29H. The number of hydrogen-bond acceptors (Lipinski definition) is 2. The second-order valence-electron chi connectivity index (χ2n) is 11.9. The van der Waals surface area contributed by atoms with Gasteiger partial charge in [0.1, 0.15) is 12.1 Å². The first-order valence-corrected chi connectivity index (χ1v) is 18.0.